The molecule has 1 aromatic rings. The average molecular weight is 278 g/mol. The molecule has 6 nitrogen and oxygen atoms in total. The van der Waals surface area contributed by atoms with Crippen LogP contribution in [0.15, 0.2) is 24.3 Å². The Bertz CT molecular complexity index is 467. The van der Waals surface area contributed by atoms with Crippen molar-refractivity contribution in [2.75, 3.05) is 11.9 Å². The van der Waals surface area contributed by atoms with Crippen molar-refractivity contribution in [2.24, 2.45) is 0 Å². The number of amides is 2. The lowest BCUT2D eigenvalue weighted by molar-refractivity contribution is -0.186. The normalized spacial score (nSPS) is 18.4. The molecule has 2 N–H and O–H groups in total. The summed E-state index contributed by atoms with van der Waals surface area (Å²) in [7, 11) is 0. The Labute approximate surface area is 117 Å². The molecule has 2 rings (SSSR count). The Morgan fingerprint density at radius 2 is 2.00 bits per heavy atom. The lowest BCUT2D eigenvalue weighted by atomic mass is 10.2. The SMILES string of the molecule is CC(=O)Nc1ccc(C(=O)NO[C@@H]2CCCCO2)cc1. The van der Waals surface area contributed by atoms with E-state index in [4.69, 9.17) is 9.57 Å². The Balaban J connectivity index is 1.83. The monoisotopic (exact) mass is 278 g/mol. The zero-order valence-electron chi connectivity index (χ0n) is 11.3. The third-order valence-corrected chi connectivity index (χ3v) is 2.89. The molecule has 0 spiro atoms. The molecule has 0 aliphatic carbocycles. The molecule has 0 saturated carbocycles. The first-order valence-corrected chi connectivity index (χ1v) is 6.60. The summed E-state index contributed by atoms with van der Waals surface area (Å²) in [6.07, 6.45) is 2.47. The van der Waals surface area contributed by atoms with Gasteiger partial charge in [0.25, 0.3) is 5.91 Å². The van der Waals surface area contributed by atoms with Gasteiger partial charge in [0, 0.05) is 31.2 Å². The molecule has 0 aromatic heterocycles. The van der Waals surface area contributed by atoms with E-state index in [1.165, 1.54) is 6.92 Å². The molecule has 20 heavy (non-hydrogen) atoms. The molecular weight excluding hydrogens is 260 g/mol. The van der Waals surface area contributed by atoms with Crippen molar-refractivity contribution in [3.05, 3.63) is 29.8 Å². The van der Waals surface area contributed by atoms with Crippen LogP contribution in [0.3, 0.4) is 0 Å². The maximum atomic E-state index is 11.8. The van der Waals surface area contributed by atoms with Crippen molar-refractivity contribution >= 4 is 17.5 Å². The number of carbonyl (C=O) groups excluding carboxylic acids is 2. The number of carbonyl (C=O) groups is 2. The fraction of sp³-hybridized carbons (Fsp3) is 0.429. The van der Waals surface area contributed by atoms with Crippen LogP contribution in [0.5, 0.6) is 0 Å². The fourth-order valence-corrected chi connectivity index (χ4v) is 1.89. The van der Waals surface area contributed by atoms with Crippen molar-refractivity contribution in [2.45, 2.75) is 32.5 Å². The average Bonchev–Trinajstić information content (AvgIpc) is 2.46. The summed E-state index contributed by atoms with van der Waals surface area (Å²) in [6, 6.07) is 6.55. The van der Waals surface area contributed by atoms with Gasteiger partial charge < -0.3 is 10.1 Å². The minimum atomic E-state index is -0.369. The molecule has 108 valence electrons. The first-order chi connectivity index (χ1) is 9.65. The zero-order valence-corrected chi connectivity index (χ0v) is 11.3. The second kappa shape index (κ2) is 7.02. The molecular formula is C14H18N2O4. The van der Waals surface area contributed by atoms with E-state index in [0.717, 1.165) is 19.3 Å². The van der Waals surface area contributed by atoms with Gasteiger partial charge in [-0.15, -0.1) is 0 Å². The van der Waals surface area contributed by atoms with Gasteiger partial charge in [0.2, 0.25) is 5.91 Å². The van der Waals surface area contributed by atoms with E-state index in [1.54, 1.807) is 24.3 Å². The molecule has 1 atom stereocenters. The van der Waals surface area contributed by atoms with Crippen LogP contribution in [-0.4, -0.2) is 24.7 Å². The minimum absolute atomic E-state index is 0.153. The molecule has 6 heteroatoms. The second-order valence-corrected chi connectivity index (χ2v) is 4.60. The van der Waals surface area contributed by atoms with Crippen molar-refractivity contribution < 1.29 is 19.2 Å². The minimum Gasteiger partial charge on any atom is -0.350 e. The van der Waals surface area contributed by atoms with E-state index < -0.39 is 0 Å². The third kappa shape index (κ3) is 4.32. The highest BCUT2D eigenvalue weighted by molar-refractivity contribution is 5.94. The highest BCUT2D eigenvalue weighted by atomic mass is 16.8. The van der Waals surface area contributed by atoms with E-state index in [9.17, 15) is 9.59 Å². The molecule has 0 unspecified atom stereocenters. The number of rotatable bonds is 4. The summed E-state index contributed by atoms with van der Waals surface area (Å²) in [5, 5.41) is 2.63. The number of benzene rings is 1. The van der Waals surface area contributed by atoms with Crippen LogP contribution in [0.1, 0.15) is 36.5 Å². The number of hydrogen-bond donors (Lipinski definition) is 2. The number of nitrogens with one attached hydrogen (secondary N) is 2. The van der Waals surface area contributed by atoms with Crippen LogP contribution in [0, 0.1) is 0 Å². The molecule has 1 aromatic carbocycles. The Kier molecular flexibility index (Phi) is 5.09. The van der Waals surface area contributed by atoms with E-state index in [0.29, 0.717) is 17.9 Å². The third-order valence-electron chi connectivity index (χ3n) is 2.89. The summed E-state index contributed by atoms with van der Waals surface area (Å²) in [4.78, 5) is 27.9. The van der Waals surface area contributed by atoms with Gasteiger partial charge in [-0.3, -0.25) is 9.59 Å². The molecule has 1 aliphatic rings. The maximum absolute atomic E-state index is 11.8. The number of hydrogen-bond acceptors (Lipinski definition) is 4. The predicted molar refractivity (Wildman–Crippen MR) is 72.9 cm³/mol. The molecule has 1 fully saturated rings. The molecule has 1 aliphatic heterocycles. The van der Waals surface area contributed by atoms with Crippen LogP contribution >= 0.6 is 0 Å². The Morgan fingerprint density at radius 1 is 1.25 bits per heavy atom. The van der Waals surface area contributed by atoms with Crippen molar-refractivity contribution in [1.82, 2.24) is 5.48 Å². The highest BCUT2D eigenvalue weighted by Crippen LogP contribution is 2.13. The number of ether oxygens (including phenoxy) is 1. The van der Waals surface area contributed by atoms with Crippen LogP contribution in [0.25, 0.3) is 0 Å². The Morgan fingerprint density at radius 3 is 2.60 bits per heavy atom. The second-order valence-electron chi connectivity index (χ2n) is 4.60. The molecule has 2 amide bonds. The molecule has 1 heterocycles. The van der Waals surface area contributed by atoms with E-state index in [-0.39, 0.29) is 18.1 Å². The van der Waals surface area contributed by atoms with Crippen LogP contribution in [0.4, 0.5) is 5.69 Å². The van der Waals surface area contributed by atoms with Gasteiger partial charge in [-0.25, -0.2) is 10.3 Å². The lowest BCUT2D eigenvalue weighted by Crippen LogP contribution is -2.33. The summed E-state index contributed by atoms with van der Waals surface area (Å²) < 4.78 is 5.34. The number of anilines is 1. The first-order valence-electron chi connectivity index (χ1n) is 6.60. The van der Waals surface area contributed by atoms with Crippen LogP contribution in [0.2, 0.25) is 0 Å². The molecule has 0 radical (unpaired) electrons. The van der Waals surface area contributed by atoms with Gasteiger partial charge >= 0.3 is 0 Å². The van der Waals surface area contributed by atoms with Gasteiger partial charge in [-0.2, -0.15) is 0 Å². The van der Waals surface area contributed by atoms with Crippen molar-refractivity contribution in [3.63, 3.8) is 0 Å². The van der Waals surface area contributed by atoms with E-state index in [1.807, 2.05) is 0 Å². The van der Waals surface area contributed by atoms with Gasteiger partial charge in [0.05, 0.1) is 0 Å². The van der Waals surface area contributed by atoms with Crippen molar-refractivity contribution in [1.29, 1.82) is 0 Å². The van der Waals surface area contributed by atoms with E-state index in [2.05, 4.69) is 10.8 Å². The Hall–Kier alpha value is -1.92. The summed E-state index contributed by atoms with van der Waals surface area (Å²) in [6.45, 7) is 2.09. The van der Waals surface area contributed by atoms with Gasteiger partial charge in [-0.05, 0) is 37.1 Å². The fourth-order valence-electron chi connectivity index (χ4n) is 1.89. The first kappa shape index (κ1) is 14.5. The summed E-state index contributed by atoms with van der Waals surface area (Å²) in [5.41, 5.74) is 3.48. The zero-order chi connectivity index (χ0) is 14.4. The smallest absolute Gasteiger partial charge is 0.274 e. The van der Waals surface area contributed by atoms with Gasteiger partial charge in [0.1, 0.15) is 0 Å². The molecule has 0 bridgehead atoms. The van der Waals surface area contributed by atoms with E-state index >= 15 is 0 Å². The largest absolute Gasteiger partial charge is 0.350 e. The quantitative estimate of drug-likeness (QED) is 0.824. The van der Waals surface area contributed by atoms with Gasteiger partial charge in [0.15, 0.2) is 6.29 Å². The predicted octanol–water partition coefficient (Wildman–Crippen LogP) is 1.83. The maximum Gasteiger partial charge on any atom is 0.274 e. The molecule has 1 saturated heterocycles. The standard InChI is InChI=1S/C14H18N2O4/c1-10(17)15-12-7-5-11(6-8-12)14(18)16-20-13-4-2-3-9-19-13/h5-8,13H,2-4,9H2,1H3,(H,15,17)(H,16,18)/t13-/m1/s1. The topological polar surface area (TPSA) is 76.7 Å². The highest BCUT2D eigenvalue weighted by Gasteiger charge is 2.16. The summed E-state index contributed by atoms with van der Waals surface area (Å²) in [5.74, 6) is -0.492. The lowest BCUT2D eigenvalue weighted by Gasteiger charge is -2.22. The van der Waals surface area contributed by atoms with Gasteiger partial charge in [-0.1, -0.05) is 0 Å². The van der Waals surface area contributed by atoms with Crippen molar-refractivity contribution in [3.8, 4) is 0 Å². The van der Waals surface area contributed by atoms with Crippen LogP contribution in [-0.2, 0) is 14.4 Å². The number of hydroxylamine groups is 1. The summed E-state index contributed by atoms with van der Waals surface area (Å²) >= 11 is 0. The van der Waals surface area contributed by atoms with Crippen LogP contribution < -0.4 is 10.8 Å².